The van der Waals surface area contributed by atoms with Gasteiger partial charge in [-0.05, 0) is 154 Å². The van der Waals surface area contributed by atoms with Crippen LogP contribution in [0.5, 0.6) is 0 Å². The van der Waals surface area contributed by atoms with E-state index in [9.17, 15) is 25.5 Å². The van der Waals surface area contributed by atoms with Gasteiger partial charge in [0.2, 0.25) is 0 Å². The van der Waals surface area contributed by atoms with Crippen molar-refractivity contribution in [3.63, 3.8) is 0 Å². The van der Waals surface area contributed by atoms with E-state index in [1.165, 1.54) is 38.5 Å². The third-order valence-corrected chi connectivity index (χ3v) is 15.4. The van der Waals surface area contributed by atoms with Crippen LogP contribution in [0.15, 0.2) is 0 Å². The molecule has 0 aromatic rings. The summed E-state index contributed by atoms with van der Waals surface area (Å²) in [6.45, 7) is 119. The number of likely N-dealkylation sites (N-methyl/N-ethyl adjacent to an activating group) is 4. The van der Waals surface area contributed by atoms with Crippen LogP contribution >= 0.6 is 0 Å². The quantitative estimate of drug-likeness (QED) is 0.0371. The zero-order chi connectivity index (χ0) is 95.2. The van der Waals surface area contributed by atoms with Crippen LogP contribution < -0.4 is 0 Å². The van der Waals surface area contributed by atoms with Crippen LogP contribution in [0.3, 0.4) is 0 Å². The summed E-state index contributed by atoms with van der Waals surface area (Å²) >= 11 is 0. The Labute approximate surface area is 811 Å². The summed E-state index contributed by atoms with van der Waals surface area (Å²) in [5.41, 5.74) is -2.41. The Kier molecular flexibility index (Phi) is 98.4. The maximum atomic E-state index is 9.75. The molecule has 25 heteroatoms. The number of rotatable bonds is 36. The minimum Gasteiger partial charge on any atom is -0.673 e. The Balaban J connectivity index is -0.0000000791. The van der Waals surface area contributed by atoms with E-state index in [2.05, 4.69) is 329 Å². The maximum absolute atomic E-state index is 9.75. The molecule has 0 bridgehead atoms. The van der Waals surface area contributed by atoms with Crippen molar-refractivity contribution in [3.05, 3.63) is 53.2 Å². The van der Waals surface area contributed by atoms with Crippen molar-refractivity contribution in [3.8, 4) is 0 Å². The summed E-state index contributed by atoms with van der Waals surface area (Å²) in [6, 6.07) is 0. The van der Waals surface area contributed by atoms with Gasteiger partial charge in [0.1, 0.15) is 0 Å². The molecule has 0 aliphatic carbocycles. The molecule has 756 valence electrons. The smallest absolute Gasteiger partial charge is 0.673 e. The summed E-state index contributed by atoms with van der Waals surface area (Å²) in [5, 5.41) is 93.4. The first-order chi connectivity index (χ1) is 51.0. The molecule has 0 aliphatic rings. The van der Waals surface area contributed by atoms with Crippen LogP contribution in [-0.2, 0) is 82.5 Å². The van der Waals surface area contributed by atoms with E-state index >= 15 is 0 Å². The molecule has 0 aromatic heterocycles. The normalized spacial score (nSPS) is 13.9. The first-order valence-electron chi connectivity index (χ1n) is 45.4. The Morgan fingerprint density at radius 3 is 0.521 bits per heavy atom. The molecule has 0 saturated heterocycles. The van der Waals surface area contributed by atoms with E-state index in [1.54, 1.807) is 0 Å². The number of unbranched alkanes of at least 4 members (excludes halogenated alkanes) is 3. The van der Waals surface area contributed by atoms with Gasteiger partial charge in [-0.25, -0.2) is 30.8 Å². The average Bonchev–Trinajstić information content (AvgIpc) is 0.880. The number of hydrogen-bond acceptors (Lipinski definition) is 10. The standard InChI is InChI=1S/C12H27NO.5C10H22N2.C10H23NO.C9H21NO.C8H19NO.C7H17NO.5Ni/c1-5-7-9-13(10-8-6-2)11-12(3,4)14;5*1-8(11-9(2,3)4)12-10(5,6)7;1-5-7-8-11(6-2)9-10(3,4)12;1-5-9(4,11)8-10(6-2)7-3;1-5-8(3,10)7-9(4)6-2;1-5-7(2,9)6-8(3)4;;;;;/h14H,5-11H2,1-4H3;5*8H,1-7H3;12H,5-9H2,1-4H3;11H,5-8H2,1-4H3;10H,5-7H2,1-4H3;9H,5-6H2,1-4H3;;;;;/q;5*-2;;;;;5*+2. The van der Waals surface area contributed by atoms with Crippen LogP contribution in [0.1, 0.15) is 418 Å². The average molecular weight is 1960 g/mol. The van der Waals surface area contributed by atoms with Crippen molar-refractivity contribution in [1.82, 2.24) is 24.5 Å². The molecule has 3 atom stereocenters. The van der Waals surface area contributed by atoms with E-state index in [1.807, 2.05) is 130 Å². The van der Waals surface area contributed by atoms with Crippen molar-refractivity contribution in [1.29, 1.82) is 0 Å². The summed E-state index contributed by atoms with van der Waals surface area (Å²) in [5.74, 6) is 0. The van der Waals surface area contributed by atoms with Crippen LogP contribution in [-0.4, -0.2) is 264 Å². The first kappa shape index (κ1) is 157. The number of hydrogen-bond donors (Lipinski definition) is 5. The second-order valence-electron chi connectivity index (χ2n) is 44.6. The predicted molar refractivity (Wildman–Crippen MR) is 527 cm³/mol. The molecular formula is C96H217N15Ni5O5. The van der Waals surface area contributed by atoms with Crippen LogP contribution in [0.25, 0.3) is 53.2 Å². The third kappa shape index (κ3) is 156. The molecule has 0 amide bonds. The Morgan fingerprint density at radius 1 is 0.223 bits per heavy atom. The van der Waals surface area contributed by atoms with Gasteiger partial charge < -0.3 is 103 Å². The maximum Gasteiger partial charge on any atom is 2.00 e. The molecule has 0 heterocycles. The molecule has 0 spiro atoms. The van der Waals surface area contributed by atoms with Gasteiger partial charge in [0.15, 0.2) is 0 Å². The zero-order valence-corrected chi connectivity index (χ0v) is 95.7. The van der Waals surface area contributed by atoms with Gasteiger partial charge in [0.25, 0.3) is 0 Å². The van der Waals surface area contributed by atoms with E-state index in [-0.39, 0.29) is 169 Å². The molecule has 20 nitrogen and oxygen atoms in total. The van der Waals surface area contributed by atoms with Gasteiger partial charge in [-0.3, -0.25) is 0 Å². The van der Waals surface area contributed by atoms with Crippen molar-refractivity contribution in [2.24, 2.45) is 0 Å². The van der Waals surface area contributed by atoms with Crippen LogP contribution in [0.2, 0.25) is 0 Å². The molecule has 0 saturated carbocycles. The third-order valence-electron chi connectivity index (χ3n) is 15.4. The molecular weight excluding hydrogens is 1740 g/mol. The summed E-state index contributed by atoms with van der Waals surface area (Å²) in [4.78, 5) is 11.0. The van der Waals surface area contributed by atoms with Gasteiger partial charge in [0.05, 0.1) is 28.0 Å². The minimum atomic E-state index is -0.554. The van der Waals surface area contributed by atoms with E-state index in [4.69, 9.17) is 0 Å². The molecule has 5 N–H and O–H groups in total. The molecule has 0 rings (SSSR count). The van der Waals surface area contributed by atoms with Crippen molar-refractivity contribution >= 4 is 0 Å². The number of aliphatic hydroxyl groups is 5. The fourth-order valence-corrected chi connectivity index (χ4v) is 11.2. The number of nitrogens with zero attached hydrogens (tertiary/aromatic N) is 15. The van der Waals surface area contributed by atoms with Crippen LogP contribution in [0.4, 0.5) is 0 Å². The first-order valence-corrected chi connectivity index (χ1v) is 45.4. The summed E-state index contributed by atoms with van der Waals surface area (Å²) < 4.78 is 0. The minimum absolute atomic E-state index is 0. The van der Waals surface area contributed by atoms with Gasteiger partial charge in [-0.2, -0.15) is 0 Å². The zero-order valence-electron chi connectivity index (χ0n) is 90.8. The molecule has 0 radical (unpaired) electrons. The van der Waals surface area contributed by atoms with Gasteiger partial charge in [-0.15, -0.1) is 90.0 Å². The molecule has 121 heavy (non-hydrogen) atoms. The molecule has 3 unspecified atom stereocenters. The molecule has 0 fully saturated rings. The second-order valence-corrected chi connectivity index (χ2v) is 44.6. The van der Waals surface area contributed by atoms with Crippen LogP contribution in [0, 0.1) is 0 Å². The van der Waals surface area contributed by atoms with Gasteiger partial charge in [0, 0.05) is 32.7 Å². The van der Waals surface area contributed by atoms with E-state index < -0.39 is 28.0 Å². The van der Waals surface area contributed by atoms with E-state index in [0.717, 1.165) is 97.8 Å². The fourth-order valence-electron chi connectivity index (χ4n) is 11.2. The van der Waals surface area contributed by atoms with Gasteiger partial charge >= 0.3 is 82.5 Å². The second kappa shape index (κ2) is 76.0. The van der Waals surface area contributed by atoms with Crippen molar-refractivity contribution in [2.45, 2.75) is 532 Å². The Hall–Kier alpha value is 1.67. The van der Waals surface area contributed by atoms with Gasteiger partial charge in [-0.1, -0.05) is 296 Å². The molecule has 0 aliphatic heterocycles. The van der Waals surface area contributed by atoms with Crippen molar-refractivity contribution in [2.75, 3.05) is 99.7 Å². The largest absolute Gasteiger partial charge is 2.00 e. The molecule has 0 aromatic carbocycles. The van der Waals surface area contributed by atoms with E-state index in [0.29, 0.717) is 0 Å². The predicted octanol–water partition coefficient (Wildman–Crippen LogP) is 26.2. The fraction of sp³-hybridized carbons (Fsp3) is 1.00. The SMILES string of the molecule is CC([N-]C(C)(C)C)[N-]C(C)(C)C.CC([N-]C(C)(C)C)[N-]C(C)(C)C.CC([N-]C(C)(C)C)[N-]C(C)(C)C.CC([N-]C(C)(C)C)[N-]C(C)(C)C.CC([N-]C(C)(C)C)[N-]C(C)(C)C.CCC(C)(O)CN(C)C.CCCCN(CC)CC(C)(C)O.CCCCN(CCCC)CC(C)(C)O.CCN(C)CC(C)(O)CC.CCN(CC)CC(C)(O)CC.[Ni+2].[Ni+2].[Ni+2].[Ni+2].[Ni+2]. The monoisotopic (exact) mass is 1950 g/mol. The summed E-state index contributed by atoms with van der Waals surface area (Å²) in [7, 11) is 5.94. The Morgan fingerprint density at radius 2 is 0.388 bits per heavy atom. The Bertz CT molecular complexity index is 1890. The van der Waals surface area contributed by atoms with Crippen molar-refractivity contribution < 1.29 is 108 Å². The summed E-state index contributed by atoms with van der Waals surface area (Å²) in [6.07, 6.45) is 10.3. The topological polar surface area (TPSA) is 258 Å².